The molecule has 8 heteroatoms. The fourth-order valence-corrected chi connectivity index (χ4v) is 3.76. The van der Waals surface area contributed by atoms with Crippen LogP contribution in [0.2, 0.25) is 0 Å². The van der Waals surface area contributed by atoms with Gasteiger partial charge in [-0.15, -0.1) is 5.10 Å². The van der Waals surface area contributed by atoms with E-state index < -0.39 is 0 Å². The summed E-state index contributed by atoms with van der Waals surface area (Å²) in [5.74, 6) is 0.794. The van der Waals surface area contributed by atoms with E-state index in [1.165, 1.54) is 11.8 Å². The molecule has 2 aromatic carbocycles. The van der Waals surface area contributed by atoms with Crippen LogP contribution < -0.4 is 5.32 Å². The number of aromatic nitrogens is 4. The Morgan fingerprint density at radius 3 is 2.88 bits per heavy atom. The predicted molar refractivity (Wildman–Crippen MR) is 107 cm³/mol. The van der Waals surface area contributed by atoms with Crippen LogP contribution in [0.5, 0.6) is 0 Å². The molecule has 2 aromatic heterocycles. The van der Waals surface area contributed by atoms with Gasteiger partial charge in [-0.05, 0) is 37.3 Å². The largest absolute Gasteiger partial charge is 0.325 e. The van der Waals surface area contributed by atoms with Crippen molar-refractivity contribution in [1.82, 2.24) is 19.6 Å². The molecule has 130 valence electrons. The molecule has 0 aliphatic carbocycles. The van der Waals surface area contributed by atoms with E-state index in [0.29, 0.717) is 11.0 Å². The molecule has 0 bridgehead atoms. The van der Waals surface area contributed by atoms with Crippen molar-refractivity contribution in [3.05, 3.63) is 58.8 Å². The molecule has 4 aromatic rings. The maximum atomic E-state index is 12.3. The Labute approximate surface area is 162 Å². The summed E-state index contributed by atoms with van der Waals surface area (Å²) < 4.78 is 2.62. The van der Waals surface area contributed by atoms with Gasteiger partial charge in [-0.3, -0.25) is 4.79 Å². The van der Waals surface area contributed by atoms with Crippen molar-refractivity contribution in [2.45, 2.75) is 12.1 Å². The second-order valence-corrected chi connectivity index (χ2v) is 7.51. The Morgan fingerprint density at radius 2 is 2.04 bits per heavy atom. The van der Waals surface area contributed by atoms with Crippen molar-refractivity contribution < 1.29 is 4.79 Å². The highest BCUT2D eigenvalue weighted by Crippen LogP contribution is 2.24. The highest BCUT2D eigenvalue weighted by molar-refractivity contribution is 9.10. The van der Waals surface area contributed by atoms with E-state index in [0.717, 1.165) is 26.7 Å². The second-order valence-electron chi connectivity index (χ2n) is 5.65. The van der Waals surface area contributed by atoms with Gasteiger partial charge in [0.2, 0.25) is 5.91 Å². The molecule has 0 unspecified atom stereocenters. The number of fused-ring (bicyclic) bond motifs is 3. The van der Waals surface area contributed by atoms with E-state index in [4.69, 9.17) is 0 Å². The van der Waals surface area contributed by atoms with Gasteiger partial charge in [-0.2, -0.15) is 4.52 Å². The molecular weight excluding hydrogens is 414 g/mol. The molecule has 0 saturated carbocycles. The second kappa shape index (κ2) is 7.05. The lowest BCUT2D eigenvalue weighted by Crippen LogP contribution is -2.14. The quantitative estimate of drug-likeness (QED) is 0.392. The van der Waals surface area contributed by atoms with Gasteiger partial charge in [0, 0.05) is 15.5 Å². The lowest BCUT2D eigenvalue weighted by Gasteiger charge is -2.07. The minimum atomic E-state index is -0.104. The molecule has 6 nitrogen and oxygen atoms in total. The van der Waals surface area contributed by atoms with Crippen LogP contribution in [0.3, 0.4) is 0 Å². The van der Waals surface area contributed by atoms with Crippen molar-refractivity contribution in [2.75, 3.05) is 11.1 Å². The number of halogens is 1. The molecule has 0 aliphatic heterocycles. The zero-order valence-electron chi connectivity index (χ0n) is 13.8. The normalized spacial score (nSPS) is 11.2. The first-order valence-electron chi connectivity index (χ1n) is 7.90. The Bertz CT molecular complexity index is 1130. The number of nitrogens with zero attached hydrogens (tertiary/aromatic N) is 4. The molecule has 0 aliphatic rings. The topological polar surface area (TPSA) is 72.2 Å². The molecule has 1 amide bonds. The molecule has 0 fully saturated rings. The highest BCUT2D eigenvalue weighted by atomic mass is 79.9. The van der Waals surface area contributed by atoms with Gasteiger partial charge in [-0.1, -0.05) is 45.9 Å². The van der Waals surface area contributed by atoms with Crippen LogP contribution in [0.4, 0.5) is 5.69 Å². The summed E-state index contributed by atoms with van der Waals surface area (Å²) in [5, 5.41) is 8.88. The van der Waals surface area contributed by atoms with Crippen LogP contribution in [0.15, 0.2) is 58.2 Å². The number of carbonyl (C=O) groups excluding carboxylic acids is 1. The maximum Gasteiger partial charge on any atom is 0.234 e. The maximum absolute atomic E-state index is 12.3. The van der Waals surface area contributed by atoms with E-state index in [2.05, 4.69) is 36.3 Å². The summed E-state index contributed by atoms with van der Waals surface area (Å²) in [5.41, 5.74) is 2.34. The molecule has 0 radical (unpaired) electrons. The SMILES string of the molecule is Cc1nc2c3ccccc3nc(SCC(=O)Nc3cccc(Br)c3)n2n1. The molecular formula is C18H14BrN5OS. The third-order valence-electron chi connectivity index (χ3n) is 3.70. The summed E-state index contributed by atoms with van der Waals surface area (Å²) in [6.45, 7) is 1.84. The first-order chi connectivity index (χ1) is 12.6. The zero-order valence-corrected chi connectivity index (χ0v) is 16.2. The van der Waals surface area contributed by atoms with Gasteiger partial charge < -0.3 is 5.32 Å². The number of benzene rings is 2. The lowest BCUT2D eigenvalue weighted by molar-refractivity contribution is -0.113. The number of thioether (sulfide) groups is 1. The number of para-hydroxylation sites is 1. The molecule has 4 rings (SSSR count). The Kier molecular flexibility index (Phi) is 4.60. The van der Waals surface area contributed by atoms with Crippen LogP contribution in [0.25, 0.3) is 16.6 Å². The van der Waals surface area contributed by atoms with Gasteiger partial charge in [0.25, 0.3) is 0 Å². The predicted octanol–water partition coefficient (Wildman–Crippen LogP) is 4.08. The number of anilines is 1. The molecule has 0 saturated heterocycles. The third-order valence-corrected chi connectivity index (χ3v) is 5.12. The highest BCUT2D eigenvalue weighted by Gasteiger charge is 2.13. The van der Waals surface area contributed by atoms with Crippen LogP contribution in [-0.2, 0) is 4.79 Å². The number of hydrogen-bond acceptors (Lipinski definition) is 5. The average Bonchev–Trinajstić information content (AvgIpc) is 3.01. The van der Waals surface area contributed by atoms with Crippen LogP contribution >= 0.6 is 27.7 Å². The summed E-state index contributed by atoms with van der Waals surface area (Å²) in [6.07, 6.45) is 0. The van der Waals surface area contributed by atoms with Crippen molar-refractivity contribution in [2.24, 2.45) is 0 Å². The summed E-state index contributed by atoms with van der Waals surface area (Å²) in [6, 6.07) is 15.3. The zero-order chi connectivity index (χ0) is 18.1. The number of nitrogens with one attached hydrogen (secondary N) is 1. The number of amides is 1. The van der Waals surface area contributed by atoms with E-state index >= 15 is 0 Å². The van der Waals surface area contributed by atoms with Gasteiger partial charge in [0.15, 0.2) is 10.8 Å². The fraction of sp³-hybridized carbons (Fsp3) is 0.111. The smallest absolute Gasteiger partial charge is 0.234 e. The van der Waals surface area contributed by atoms with Crippen LogP contribution in [-0.4, -0.2) is 31.2 Å². The first-order valence-corrected chi connectivity index (χ1v) is 9.68. The standard InChI is InChI=1S/C18H14BrN5OS/c1-11-20-17-14-7-2-3-8-15(14)22-18(24(17)23-11)26-10-16(25)21-13-6-4-5-12(19)9-13/h2-9H,10H2,1H3,(H,21,25). The van der Waals surface area contributed by atoms with Gasteiger partial charge in [0.1, 0.15) is 5.82 Å². The summed E-state index contributed by atoms with van der Waals surface area (Å²) in [4.78, 5) is 21.4. The molecule has 26 heavy (non-hydrogen) atoms. The van der Waals surface area contributed by atoms with Gasteiger partial charge in [0.05, 0.1) is 11.3 Å². The van der Waals surface area contributed by atoms with Crippen LogP contribution in [0.1, 0.15) is 5.82 Å². The Balaban J connectivity index is 1.59. The van der Waals surface area contributed by atoms with Crippen molar-refractivity contribution in [3.63, 3.8) is 0 Å². The molecule has 0 spiro atoms. The summed E-state index contributed by atoms with van der Waals surface area (Å²) >= 11 is 4.73. The summed E-state index contributed by atoms with van der Waals surface area (Å²) in [7, 11) is 0. The third kappa shape index (κ3) is 3.42. The van der Waals surface area contributed by atoms with Crippen molar-refractivity contribution in [3.8, 4) is 0 Å². The Hall–Kier alpha value is -2.45. The van der Waals surface area contributed by atoms with Crippen molar-refractivity contribution >= 4 is 55.8 Å². The molecule has 2 heterocycles. The number of aryl methyl sites for hydroxylation is 1. The van der Waals surface area contributed by atoms with E-state index in [1.54, 1.807) is 4.52 Å². The monoisotopic (exact) mass is 427 g/mol. The minimum absolute atomic E-state index is 0.104. The number of rotatable bonds is 4. The average molecular weight is 428 g/mol. The van der Waals surface area contributed by atoms with Gasteiger partial charge in [-0.25, -0.2) is 9.97 Å². The van der Waals surface area contributed by atoms with E-state index in [-0.39, 0.29) is 11.7 Å². The number of carbonyl (C=O) groups is 1. The van der Waals surface area contributed by atoms with E-state index in [1.807, 2.05) is 55.5 Å². The molecule has 1 N–H and O–H groups in total. The van der Waals surface area contributed by atoms with E-state index in [9.17, 15) is 4.79 Å². The number of hydrogen-bond donors (Lipinski definition) is 1. The fourth-order valence-electron chi connectivity index (χ4n) is 2.62. The minimum Gasteiger partial charge on any atom is -0.325 e. The Morgan fingerprint density at radius 1 is 1.19 bits per heavy atom. The van der Waals surface area contributed by atoms with Crippen LogP contribution in [0, 0.1) is 6.92 Å². The van der Waals surface area contributed by atoms with Crippen molar-refractivity contribution in [1.29, 1.82) is 0 Å². The van der Waals surface area contributed by atoms with Gasteiger partial charge >= 0.3 is 0 Å². The molecule has 0 atom stereocenters. The lowest BCUT2D eigenvalue weighted by atomic mass is 10.2. The first kappa shape index (κ1) is 17.0.